The molecular weight excluding hydrogens is 364 g/mol. The van der Waals surface area contributed by atoms with Gasteiger partial charge in [-0.25, -0.2) is 4.79 Å². The van der Waals surface area contributed by atoms with Gasteiger partial charge >= 0.3 is 6.03 Å². The van der Waals surface area contributed by atoms with Gasteiger partial charge in [0.15, 0.2) is 0 Å². The highest BCUT2D eigenvalue weighted by Crippen LogP contribution is 2.28. The Morgan fingerprint density at radius 3 is 2.85 bits per heavy atom. The molecule has 7 heteroatoms. The number of nitrogens with one attached hydrogen (secondary N) is 1. The van der Waals surface area contributed by atoms with E-state index in [9.17, 15) is 4.79 Å². The van der Waals surface area contributed by atoms with Crippen molar-refractivity contribution in [2.45, 2.75) is 56.9 Å². The highest BCUT2D eigenvalue weighted by molar-refractivity contribution is 6.30. The molecule has 2 heterocycles. The van der Waals surface area contributed by atoms with Crippen LogP contribution in [0.5, 0.6) is 0 Å². The van der Waals surface area contributed by atoms with Gasteiger partial charge in [-0.15, -0.1) is 0 Å². The first kappa shape index (κ1) is 18.3. The molecule has 0 bridgehead atoms. The molecule has 1 aromatic heterocycles. The standard InChI is InChI=1S/C20H25ClN4O2/c21-16-8-4-6-14(12-16)18-23-19(27-24-18)15-7-5-11-25(13-15)20(26)22-17-9-2-1-3-10-17/h4,6,8,12,15,17H,1-3,5,7,9-11,13H2,(H,22,26). The second kappa shape index (κ2) is 8.30. The van der Waals surface area contributed by atoms with Gasteiger partial charge in [-0.05, 0) is 37.8 Å². The third kappa shape index (κ3) is 4.43. The van der Waals surface area contributed by atoms with Crippen LogP contribution in [-0.4, -0.2) is 40.2 Å². The van der Waals surface area contributed by atoms with Crippen LogP contribution in [0.3, 0.4) is 0 Å². The van der Waals surface area contributed by atoms with Gasteiger partial charge in [0.25, 0.3) is 0 Å². The van der Waals surface area contributed by atoms with Crippen LogP contribution in [0, 0.1) is 0 Å². The number of hydrogen-bond acceptors (Lipinski definition) is 4. The van der Waals surface area contributed by atoms with Gasteiger partial charge in [0.1, 0.15) is 0 Å². The molecule has 1 aliphatic heterocycles. The number of likely N-dealkylation sites (tertiary alicyclic amines) is 1. The molecule has 1 saturated carbocycles. The third-order valence-corrected chi connectivity index (χ3v) is 5.75. The van der Waals surface area contributed by atoms with E-state index < -0.39 is 0 Å². The Kier molecular flexibility index (Phi) is 5.62. The molecule has 2 fully saturated rings. The maximum Gasteiger partial charge on any atom is 0.317 e. The fourth-order valence-corrected chi connectivity index (χ4v) is 4.21. The average Bonchev–Trinajstić information content (AvgIpc) is 3.19. The molecule has 0 spiro atoms. The van der Waals surface area contributed by atoms with Crippen LogP contribution in [0.2, 0.25) is 5.02 Å². The van der Waals surface area contributed by atoms with E-state index in [0.717, 1.165) is 37.8 Å². The summed E-state index contributed by atoms with van der Waals surface area (Å²) in [5.74, 6) is 1.22. The Labute approximate surface area is 164 Å². The predicted molar refractivity (Wildman–Crippen MR) is 104 cm³/mol. The van der Waals surface area contributed by atoms with Crippen LogP contribution < -0.4 is 5.32 Å². The minimum absolute atomic E-state index is 0.0428. The lowest BCUT2D eigenvalue weighted by Crippen LogP contribution is -2.48. The summed E-state index contributed by atoms with van der Waals surface area (Å²) in [5, 5.41) is 7.95. The lowest BCUT2D eigenvalue weighted by molar-refractivity contribution is 0.166. The Morgan fingerprint density at radius 2 is 2.04 bits per heavy atom. The molecule has 27 heavy (non-hydrogen) atoms. The van der Waals surface area contributed by atoms with Gasteiger partial charge in [-0.2, -0.15) is 4.98 Å². The van der Waals surface area contributed by atoms with Crippen LogP contribution in [0.25, 0.3) is 11.4 Å². The lowest BCUT2D eigenvalue weighted by Gasteiger charge is -2.33. The minimum atomic E-state index is 0.0428. The third-order valence-electron chi connectivity index (χ3n) is 5.52. The van der Waals surface area contributed by atoms with Crippen LogP contribution in [-0.2, 0) is 0 Å². The van der Waals surface area contributed by atoms with E-state index in [2.05, 4.69) is 15.5 Å². The van der Waals surface area contributed by atoms with Crippen molar-refractivity contribution in [3.63, 3.8) is 0 Å². The molecule has 2 aliphatic rings. The molecule has 2 aromatic rings. The zero-order valence-corrected chi connectivity index (χ0v) is 16.1. The summed E-state index contributed by atoms with van der Waals surface area (Å²) in [6, 6.07) is 7.78. The van der Waals surface area contributed by atoms with Crippen LogP contribution in [0.1, 0.15) is 56.8 Å². The van der Waals surface area contributed by atoms with Gasteiger partial charge in [-0.3, -0.25) is 0 Å². The van der Waals surface area contributed by atoms with Gasteiger partial charge < -0.3 is 14.7 Å². The second-order valence-electron chi connectivity index (χ2n) is 7.54. The topological polar surface area (TPSA) is 71.3 Å². The number of carbonyl (C=O) groups excluding carboxylic acids is 1. The maximum atomic E-state index is 12.6. The largest absolute Gasteiger partial charge is 0.339 e. The number of carbonyl (C=O) groups is 1. The summed E-state index contributed by atoms with van der Waals surface area (Å²) in [4.78, 5) is 19.1. The molecule has 2 amide bonds. The van der Waals surface area contributed by atoms with Gasteiger partial charge in [0.2, 0.25) is 11.7 Å². The van der Waals surface area contributed by atoms with Crippen LogP contribution >= 0.6 is 11.6 Å². The molecule has 6 nitrogen and oxygen atoms in total. The molecule has 4 rings (SSSR count). The fourth-order valence-electron chi connectivity index (χ4n) is 4.02. The highest BCUT2D eigenvalue weighted by atomic mass is 35.5. The number of piperidine rings is 1. The van der Waals surface area contributed by atoms with Crippen molar-refractivity contribution in [1.29, 1.82) is 0 Å². The predicted octanol–water partition coefficient (Wildman–Crippen LogP) is 4.61. The number of rotatable bonds is 3. The van der Waals surface area contributed by atoms with E-state index in [-0.39, 0.29) is 11.9 Å². The van der Waals surface area contributed by atoms with Crippen molar-refractivity contribution in [3.8, 4) is 11.4 Å². The molecule has 1 atom stereocenters. The normalized spacial score (nSPS) is 21.2. The van der Waals surface area contributed by atoms with Crippen LogP contribution in [0.4, 0.5) is 4.79 Å². The Balaban J connectivity index is 1.40. The summed E-state index contributed by atoms with van der Waals surface area (Å²) in [5.41, 5.74) is 0.834. The molecule has 0 radical (unpaired) electrons. The first-order valence-corrected chi connectivity index (χ1v) is 10.2. The average molecular weight is 389 g/mol. The summed E-state index contributed by atoms with van der Waals surface area (Å²) in [6.45, 7) is 1.40. The number of nitrogens with zero attached hydrogens (tertiary/aromatic N) is 3. The molecular formula is C20H25ClN4O2. The van der Waals surface area contributed by atoms with Gasteiger partial charge in [0.05, 0.1) is 5.92 Å². The number of benzene rings is 1. The Bertz CT molecular complexity index is 788. The van der Waals surface area contributed by atoms with Crippen molar-refractivity contribution in [1.82, 2.24) is 20.4 Å². The molecule has 1 aliphatic carbocycles. The number of aromatic nitrogens is 2. The number of halogens is 1. The zero-order valence-electron chi connectivity index (χ0n) is 15.4. The molecule has 1 aromatic carbocycles. The fraction of sp³-hybridized carbons (Fsp3) is 0.550. The minimum Gasteiger partial charge on any atom is -0.339 e. The van der Waals surface area contributed by atoms with Crippen molar-refractivity contribution in [2.75, 3.05) is 13.1 Å². The quantitative estimate of drug-likeness (QED) is 0.833. The van der Waals surface area contributed by atoms with E-state index in [0.29, 0.717) is 29.3 Å². The summed E-state index contributed by atoms with van der Waals surface area (Å²) in [6.07, 6.45) is 7.78. The molecule has 1 saturated heterocycles. The zero-order chi connectivity index (χ0) is 18.6. The highest BCUT2D eigenvalue weighted by Gasteiger charge is 2.29. The van der Waals surface area contributed by atoms with Gasteiger partial charge in [-0.1, -0.05) is 48.2 Å². The monoisotopic (exact) mass is 388 g/mol. The summed E-state index contributed by atoms with van der Waals surface area (Å²) in [7, 11) is 0. The lowest BCUT2D eigenvalue weighted by atomic mass is 9.95. The number of urea groups is 1. The number of amides is 2. The second-order valence-corrected chi connectivity index (χ2v) is 7.97. The first-order valence-electron chi connectivity index (χ1n) is 9.84. The van der Waals surface area contributed by atoms with Crippen molar-refractivity contribution in [2.24, 2.45) is 0 Å². The van der Waals surface area contributed by atoms with E-state index in [4.69, 9.17) is 16.1 Å². The Morgan fingerprint density at radius 1 is 1.19 bits per heavy atom. The first-order chi connectivity index (χ1) is 13.2. The summed E-state index contributed by atoms with van der Waals surface area (Å²) < 4.78 is 5.51. The van der Waals surface area contributed by atoms with E-state index in [1.165, 1.54) is 19.3 Å². The van der Waals surface area contributed by atoms with Crippen molar-refractivity contribution >= 4 is 17.6 Å². The molecule has 1 unspecified atom stereocenters. The van der Waals surface area contributed by atoms with E-state index >= 15 is 0 Å². The number of hydrogen-bond donors (Lipinski definition) is 1. The van der Waals surface area contributed by atoms with Crippen LogP contribution in [0.15, 0.2) is 28.8 Å². The van der Waals surface area contributed by atoms with Crippen molar-refractivity contribution in [3.05, 3.63) is 35.2 Å². The maximum absolute atomic E-state index is 12.6. The van der Waals surface area contributed by atoms with E-state index in [1.54, 1.807) is 0 Å². The summed E-state index contributed by atoms with van der Waals surface area (Å²) >= 11 is 6.05. The SMILES string of the molecule is O=C(NC1CCCCC1)N1CCCC(c2nc(-c3cccc(Cl)c3)no2)C1. The molecule has 1 N–H and O–H groups in total. The Hall–Kier alpha value is -2.08. The van der Waals surface area contributed by atoms with E-state index in [1.807, 2.05) is 29.2 Å². The smallest absolute Gasteiger partial charge is 0.317 e. The van der Waals surface area contributed by atoms with Crippen molar-refractivity contribution < 1.29 is 9.32 Å². The van der Waals surface area contributed by atoms with Gasteiger partial charge in [0, 0.05) is 29.7 Å². The molecule has 144 valence electrons.